The molecule has 130 valence electrons. The molecule has 2 rings (SSSR count). The first-order chi connectivity index (χ1) is 11.6. The van der Waals surface area contributed by atoms with Crippen molar-refractivity contribution in [3.63, 3.8) is 0 Å². The topological polar surface area (TPSA) is 106 Å². The smallest absolute Gasteiger partial charge is 0.204 e. The van der Waals surface area contributed by atoms with Gasteiger partial charge in [-0.3, -0.25) is 9.59 Å². The fourth-order valence-electron chi connectivity index (χ4n) is 2.10. The maximum atomic E-state index is 9.27. The Morgan fingerprint density at radius 3 is 1.67 bits per heavy atom. The summed E-state index contributed by atoms with van der Waals surface area (Å²) in [5, 5.41) is 9.27. The number of amides is 2. The molecular weight excluding hydrogens is 304 g/mol. The number of benzene rings is 2. The van der Waals surface area contributed by atoms with Gasteiger partial charge < -0.3 is 16.6 Å². The van der Waals surface area contributed by atoms with Gasteiger partial charge in [0.25, 0.3) is 0 Å². The Kier molecular flexibility index (Phi) is 12.2. The van der Waals surface area contributed by atoms with Crippen LogP contribution in [0.15, 0.2) is 48.5 Å². The summed E-state index contributed by atoms with van der Waals surface area (Å²) >= 11 is 0. The molecule has 5 nitrogen and oxygen atoms in total. The number of rotatable bonds is 5. The van der Waals surface area contributed by atoms with E-state index in [0.717, 1.165) is 5.56 Å². The molecule has 5 heteroatoms. The Balaban J connectivity index is 0.000000772. The normalized spacial score (nSPS) is 8.88. The summed E-state index contributed by atoms with van der Waals surface area (Å²) in [5.74, 6) is 0.315. The number of hydrogen-bond acceptors (Lipinski definition) is 3. The van der Waals surface area contributed by atoms with Gasteiger partial charge in [-0.05, 0) is 41.7 Å². The van der Waals surface area contributed by atoms with Gasteiger partial charge in [0.15, 0.2) is 0 Å². The number of phenolic OH excluding ortho intramolecular Hbond substituents is 1. The summed E-state index contributed by atoms with van der Waals surface area (Å²) in [7, 11) is 0. The van der Waals surface area contributed by atoms with Gasteiger partial charge in [-0.25, -0.2) is 0 Å². The molecule has 0 aliphatic heterocycles. The van der Waals surface area contributed by atoms with Gasteiger partial charge in [0.1, 0.15) is 5.75 Å². The summed E-state index contributed by atoms with van der Waals surface area (Å²) in [6.07, 6.45) is 5.52. The predicted molar refractivity (Wildman–Crippen MR) is 97.3 cm³/mol. The number of primary amides is 2. The van der Waals surface area contributed by atoms with Crippen LogP contribution in [0.5, 0.6) is 5.75 Å². The molecule has 0 aliphatic rings. The van der Waals surface area contributed by atoms with Crippen molar-refractivity contribution >= 4 is 12.8 Å². The third-order valence-electron chi connectivity index (χ3n) is 3.22. The van der Waals surface area contributed by atoms with E-state index >= 15 is 0 Å². The quantitative estimate of drug-likeness (QED) is 0.579. The lowest BCUT2D eigenvalue weighted by atomic mass is 10.0. The van der Waals surface area contributed by atoms with Crippen molar-refractivity contribution in [3.8, 4) is 16.9 Å². The van der Waals surface area contributed by atoms with E-state index in [1.807, 2.05) is 12.1 Å². The summed E-state index contributed by atoms with van der Waals surface area (Å²) in [6, 6.07) is 16.1. The van der Waals surface area contributed by atoms with Crippen molar-refractivity contribution in [1.29, 1.82) is 0 Å². The zero-order valence-corrected chi connectivity index (χ0v) is 14.0. The number of nitrogens with two attached hydrogens (primary N) is 2. The van der Waals surface area contributed by atoms with Crippen LogP contribution in [0.3, 0.4) is 0 Å². The largest absolute Gasteiger partial charge is 0.508 e. The highest BCUT2D eigenvalue weighted by molar-refractivity contribution is 5.64. The van der Waals surface area contributed by atoms with Crippen molar-refractivity contribution in [2.45, 2.75) is 32.6 Å². The van der Waals surface area contributed by atoms with Crippen molar-refractivity contribution in [3.05, 3.63) is 54.1 Å². The van der Waals surface area contributed by atoms with E-state index in [9.17, 15) is 5.11 Å². The van der Waals surface area contributed by atoms with Crippen LogP contribution in [0.1, 0.15) is 31.7 Å². The van der Waals surface area contributed by atoms with E-state index in [1.54, 1.807) is 12.1 Å². The molecule has 0 bridgehead atoms. The van der Waals surface area contributed by atoms with Crippen LogP contribution in [-0.2, 0) is 16.0 Å². The summed E-state index contributed by atoms with van der Waals surface area (Å²) in [5.41, 5.74) is 12.1. The maximum Gasteiger partial charge on any atom is 0.204 e. The maximum absolute atomic E-state index is 9.27. The SMILES string of the molecule is CCCCCc1ccc(-c2ccc(O)cc2)cc1.NC=O.NC=O. The highest BCUT2D eigenvalue weighted by Gasteiger charge is 1.98. The summed E-state index contributed by atoms with van der Waals surface area (Å²) in [6.45, 7) is 2.23. The Labute approximate surface area is 143 Å². The van der Waals surface area contributed by atoms with E-state index < -0.39 is 0 Å². The van der Waals surface area contributed by atoms with Crippen LogP contribution < -0.4 is 11.5 Å². The molecule has 0 spiro atoms. The highest BCUT2D eigenvalue weighted by atomic mass is 16.3. The standard InChI is InChI=1S/C17H20O.2CH3NO/c1-2-3-4-5-14-6-8-15(9-7-14)16-10-12-17(18)13-11-16;2*2-1-3/h6-13,18H,2-5H2,1H3;2*1H,(H2,2,3). The van der Waals surface area contributed by atoms with Crippen LogP contribution in [0, 0.1) is 0 Å². The summed E-state index contributed by atoms with van der Waals surface area (Å²) < 4.78 is 0. The minimum absolute atomic E-state index is 0.250. The number of hydrogen-bond donors (Lipinski definition) is 3. The van der Waals surface area contributed by atoms with E-state index in [1.165, 1.54) is 36.8 Å². The van der Waals surface area contributed by atoms with Crippen LogP contribution in [0.4, 0.5) is 0 Å². The lowest BCUT2D eigenvalue weighted by Gasteiger charge is -2.04. The number of unbranched alkanes of at least 4 members (excludes halogenated alkanes) is 2. The molecule has 2 amide bonds. The second-order valence-electron chi connectivity index (χ2n) is 4.97. The van der Waals surface area contributed by atoms with Gasteiger partial charge in [0, 0.05) is 0 Å². The van der Waals surface area contributed by atoms with E-state index in [0.29, 0.717) is 5.75 Å². The van der Waals surface area contributed by atoms with E-state index in [2.05, 4.69) is 42.7 Å². The second-order valence-corrected chi connectivity index (χ2v) is 4.97. The van der Waals surface area contributed by atoms with Crippen molar-refractivity contribution in [2.24, 2.45) is 11.5 Å². The van der Waals surface area contributed by atoms with Crippen LogP contribution in [-0.4, -0.2) is 17.9 Å². The predicted octanol–water partition coefficient (Wildman–Crippen LogP) is 2.99. The molecule has 5 N–H and O–H groups in total. The van der Waals surface area contributed by atoms with Crippen molar-refractivity contribution < 1.29 is 14.7 Å². The molecule has 0 aromatic heterocycles. The number of carbonyl (C=O) groups is 2. The molecule has 0 saturated heterocycles. The molecule has 0 unspecified atom stereocenters. The van der Waals surface area contributed by atoms with Gasteiger partial charge in [0.2, 0.25) is 12.8 Å². The number of aryl methyl sites for hydroxylation is 1. The van der Waals surface area contributed by atoms with Crippen molar-refractivity contribution in [1.82, 2.24) is 0 Å². The lowest BCUT2D eigenvalue weighted by molar-refractivity contribution is -0.107. The molecule has 24 heavy (non-hydrogen) atoms. The minimum atomic E-state index is 0.250. The second kappa shape index (κ2) is 13.8. The molecule has 0 atom stereocenters. The monoisotopic (exact) mass is 330 g/mol. The number of aromatic hydroxyl groups is 1. The molecule has 0 aliphatic carbocycles. The van der Waals surface area contributed by atoms with Gasteiger partial charge in [-0.15, -0.1) is 0 Å². The van der Waals surface area contributed by atoms with Gasteiger partial charge in [0.05, 0.1) is 0 Å². The average molecular weight is 330 g/mol. The van der Waals surface area contributed by atoms with E-state index in [4.69, 9.17) is 9.59 Å². The van der Waals surface area contributed by atoms with Crippen LogP contribution in [0.2, 0.25) is 0 Å². The lowest BCUT2D eigenvalue weighted by Crippen LogP contribution is -1.85. The fraction of sp³-hybridized carbons (Fsp3) is 0.263. The Bertz CT molecular complexity index is 560. The first-order valence-corrected chi connectivity index (χ1v) is 7.82. The zero-order valence-electron chi connectivity index (χ0n) is 14.0. The first-order valence-electron chi connectivity index (χ1n) is 7.82. The highest BCUT2D eigenvalue weighted by Crippen LogP contribution is 2.22. The Morgan fingerprint density at radius 2 is 1.25 bits per heavy atom. The number of carbonyl (C=O) groups excluding carboxylic acids is 2. The third kappa shape index (κ3) is 9.25. The Morgan fingerprint density at radius 1 is 0.833 bits per heavy atom. The van der Waals surface area contributed by atoms with Crippen LogP contribution >= 0.6 is 0 Å². The average Bonchev–Trinajstić information content (AvgIpc) is 2.58. The number of phenols is 1. The van der Waals surface area contributed by atoms with Gasteiger partial charge >= 0.3 is 0 Å². The van der Waals surface area contributed by atoms with E-state index in [-0.39, 0.29) is 12.8 Å². The molecule has 2 aromatic rings. The molecular formula is C19H26N2O3. The summed E-state index contributed by atoms with van der Waals surface area (Å²) in [4.78, 5) is 17.2. The fourth-order valence-corrected chi connectivity index (χ4v) is 2.10. The van der Waals surface area contributed by atoms with Gasteiger partial charge in [-0.2, -0.15) is 0 Å². The molecule has 2 aromatic carbocycles. The zero-order chi connectivity index (χ0) is 18.2. The Hall–Kier alpha value is -2.82. The molecule has 0 fully saturated rings. The molecule has 0 heterocycles. The third-order valence-corrected chi connectivity index (χ3v) is 3.22. The van der Waals surface area contributed by atoms with Crippen molar-refractivity contribution in [2.75, 3.05) is 0 Å². The molecule has 0 saturated carbocycles. The van der Waals surface area contributed by atoms with Gasteiger partial charge in [-0.1, -0.05) is 56.2 Å². The first kappa shape index (κ1) is 21.2. The van der Waals surface area contributed by atoms with Crippen LogP contribution in [0.25, 0.3) is 11.1 Å². The minimum Gasteiger partial charge on any atom is -0.508 e. The molecule has 0 radical (unpaired) electrons.